The highest BCUT2D eigenvalue weighted by atomic mass is 35.5. The van der Waals surface area contributed by atoms with Gasteiger partial charge < -0.3 is 5.32 Å². The lowest BCUT2D eigenvalue weighted by Gasteiger charge is -2.36. The van der Waals surface area contributed by atoms with E-state index in [1.165, 1.54) is 18.2 Å². The van der Waals surface area contributed by atoms with Crippen LogP contribution >= 0.6 is 34.8 Å². The van der Waals surface area contributed by atoms with Crippen LogP contribution in [0.1, 0.15) is 30.7 Å². The Morgan fingerprint density at radius 1 is 1.23 bits per heavy atom. The van der Waals surface area contributed by atoms with E-state index in [-0.39, 0.29) is 27.2 Å². The van der Waals surface area contributed by atoms with Gasteiger partial charge in [-0.2, -0.15) is 0 Å². The van der Waals surface area contributed by atoms with Crippen molar-refractivity contribution < 1.29 is 22.0 Å². The zero-order valence-electron chi connectivity index (χ0n) is 15.2. The molecule has 1 fully saturated rings. The first-order valence-electron chi connectivity index (χ1n) is 8.69. The van der Waals surface area contributed by atoms with Gasteiger partial charge in [-0.05, 0) is 36.1 Å². The van der Waals surface area contributed by atoms with Crippen molar-refractivity contribution in [3.8, 4) is 0 Å². The molecule has 0 aliphatic heterocycles. The highest BCUT2D eigenvalue weighted by Gasteiger charge is 2.45. The molecular weight excluding hydrogens is 483 g/mol. The molecule has 2 aromatic rings. The lowest BCUT2D eigenvalue weighted by molar-refractivity contribution is -0.128. The summed E-state index contributed by atoms with van der Waals surface area (Å²) in [6, 6.07) is 5.31. The summed E-state index contributed by atoms with van der Waals surface area (Å²) in [7, 11) is -4.10. The molecule has 1 aromatic heterocycles. The average molecular weight is 499 g/mol. The van der Waals surface area contributed by atoms with Gasteiger partial charge in [0.2, 0.25) is 11.8 Å². The monoisotopic (exact) mass is 497 g/mol. The smallest absolute Gasteiger partial charge is 0.255 e. The number of halogens is 5. The standard InChI is InChI=1S/C18H16Cl3F2N3O3S/c19-9-5-12(16(21)14(20)6-9)11-1-3-18(22,23)8-13(11)17(27)26-10-2-4-25-15(7-10)30(24,28)29/h2,4-7,11,13H,1,3,8H2,(H2,24,28,29)(H,25,26,27). The molecule has 6 nitrogen and oxygen atoms in total. The molecule has 1 aliphatic rings. The number of sulfonamides is 1. The predicted octanol–water partition coefficient (Wildman–Crippen LogP) is 4.85. The Kier molecular flexibility index (Phi) is 6.60. The number of carbonyl (C=O) groups excluding carboxylic acids is 1. The number of nitrogens with zero attached hydrogens (tertiary/aromatic N) is 1. The van der Waals surface area contributed by atoms with E-state index >= 15 is 0 Å². The van der Waals surface area contributed by atoms with E-state index in [1.54, 1.807) is 0 Å². The minimum atomic E-state index is -4.10. The minimum Gasteiger partial charge on any atom is -0.326 e. The molecule has 0 radical (unpaired) electrons. The molecule has 0 saturated heterocycles. The van der Waals surface area contributed by atoms with E-state index in [4.69, 9.17) is 39.9 Å². The molecule has 0 spiro atoms. The van der Waals surface area contributed by atoms with E-state index in [1.807, 2.05) is 0 Å². The number of benzene rings is 1. The zero-order chi connectivity index (χ0) is 22.3. The van der Waals surface area contributed by atoms with Crippen LogP contribution in [-0.2, 0) is 14.8 Å². The van der Waals surface area contributed by atoms with Crippen LogP contribution in [0.3, 0.4) is 0 Å². The first-order chi connectivity index (χ1) is 13.9. The minimum absolute atomic E-state index is 0.0136. The van der Waals surface area contributed by atoms with Crippen molar-refractivity contribution in [1.29, 1.82) is 0 Å². The summed E-state index contributed by atoms with van der Waals surface area (Å²) in [6.07, 6.45) is -0.0139. The number of alkyl halides is 2. The highest BCUT2D eigenvalue weighted by Crippen LogP contribution is 2.48. The lowest BCUT2D eigenvalue weighted by Crippen LogP contribution is -2.38. The second kappa shape index (κ2) is 8.55. The summed E-state index contributed by atoms with van der Waals surface area (Å²) >= 11 is 18.4. The Bertz CT molecular complexity index is 1100. The van der Waals surface area contributed by atoms with Gasteiger partial charge >= 0.3 is 0 Å². The topological polar surface area (TPSA) is 102 Å². The number of primary sulfonamides is 1. The van der Waals surface area contributed by atoms with Gasteiger partial charge in [-0.15, -0.1) is 0 Å². The van der Waals surface area contributed by atoms with Crippen LogP contribution in [0.25, 0.3) is 0 Å². The zero-order valence-corrected chi connectivity index (χ0v) is 18.3. The fourth-order valence-corrected chi connectivity index (χ4v) is 4.76. The molecule has 2 unspecified atom stereocenters. The van der Waals surface area contributed by atoms with Gasteiger partial charge in [0.25, 0.3) is 10.0 Å². The van der Waals surface area contributed by atoms with Crippen LogP contribution in [0, 0.1) is 5.92 Å². The van der Waals surface area contributed by atoms with Crippen molar-refractivity contribution in [2.45, 2.75) is 36.1 Å². The van der Waals surface area contributed by atoms with Crippen LogP contribution in [0.5, 0.6) is 0 Å². The van der Waals surface area contributed by atoms with Crippen LogP contribution < -0.4 is 10.5 Å². The normalized spacial score (nSPS) is 21.3. The van der Waals surface area contributed by atoms with E-state index < -0.39 is 51.6 Å². The molecule has 30 heavy (non-hydrogen) atoms. The average Bonchev–Trinajstić information content (AvgIpc) is 2.64. The van der Waals surface area contributed by atoms with Crippen molar-refractivity contribution >= 4 is 56.4 Å². The number of nitrogens with two attached hydrogens (primary N) is 1. The first kappa shape index (κ1) is 23.1. The van der Waals surface area contributed by atoms with Gasteiger partial charge in [-0.3, -0.25) is 4.79 Å². The van der Waals surface area contributed by atoms with Gasteiger partial charge in [0, 0.05) is 35.8 Å². The second-order valence-corrected chi connectivity index (χ2v) is 9.75. The van der Waals surface area contributed by atoms with Crippen molar-refractivity contribution in [3.63, 3.8) is 0 Å². The Morgan fingerprint density at radius 3 is 2.60 bits per heavy atom. The fraction of sp³-hybridized carbons (Fsp3) is 0.333. The quantitative estimate of drug-likeness (QED) is 0.588. The maximum absolute atomic E-state index is 14.2. The summed E-state index contributed by atoms with van der Waals surface area (Å²) in [5.74, 6) is -5.59. The molecular formula is C18H16Cl3F2N3O3S. The molecule has 1 amide bonds. The fourth-order valence-electron chi connectivity index (χ4n) is 3.51. The highest BCUT2D eigenvalue weighted by molar-refractivity contribution is 7.89. The molecule has 3 N–H and O–H groups in total. The molecule has 0 bridgehead atoms. The predicted molar refractivity (Wildman–Crippen MR) is 111 cm³/mol. The number of hydrogen-bond acceptors (Lipinski definition) is 4. The molecule has 1 saturated carbocycles. The number of nitrogens with one attached hydrogen (secondary N) is 1. The Balaban J connectivity index is 1.95. The van der Waals surface area contributed by atoms with Gasteiger partial charge in [0.05, 0.1) is 16.0 Å². The third-order valence-electron chi connectivity index (χ3n) is 4.88. The van der Waals surface area contributed by atoms with Crippen molar-refractivity contribution in [2.24, 2.45) is 11.1 Å². The van der Waals surface area contributed by atoms with Crippen LogP contribution in [-0.4, -0.2) is 25.2 Å². The number of aromatic nitrogens is 1. The number of carbonyl (C=O) groups is 1. The Hall–Kier alpha value is -1.52. The number of amides is 1. The number of hydrogen-bond donors (Lipinski definition) is 2. The van der Waals surface area contributed by atoms with Crippen LogP contribution in [0.2, 0.25) is 15.1 Å². The maximum atomic E-state index is 14.2. The first-order valence-corrected chi connectivity index (χ1v) is 11.4. The second-order valence-electron chi connectivity index (χ2n) is 7.02. The van der Waals surface area contributed by atoms with Crippen molar-refractivity contribution in [3.05, 3.63) is 51.1 Å². The SMILES string of the molecule is NS(=O)(=O)c1cc(NC(=O)C2CC(F)(F)CCC2c2cc(Cl)cc(Cl)c2Cl)ccn1. The van der Waals surface area contributed by atoms with E-state index in [0.29, 0.717) is 5.56 Å². The molecule has 1 heterocycles. The van der Waals surface area contributed by atoms with Gasteiger partial charge in [0.1, 0.15) is 0 Å². The van der Waals surface area contributed by atoms with Crippen molar-refractivity contribution in [2.75, 3.05) is 5.32 Å². The van der Waals surface area contributed by atoms with Gasteiger partial charge in [-0.1, -0.05) is 34.8 Å². The summed E-state index contributed by atoms with van der Waals surface area (Å²) in [5.41, 5.74) is 0.464. The molecule has 2 atom stereocenters. The third kappa shape index (κ3) is 5.20. The van der Waals surface area contributed by atoms with E-state index in [0.717, 1.165) is 12.3 Å². The number of anilines is 1. The molecule has 12 heteroatoms. The summed E-state index contributed by atoms with van der Waals surface area (Å²) in [6.45, 7) is 0. The van der Waals surface area contributed by atoms with Crippen molar-refractivity contribution in [1.82, 2.24) is 4.98 Å². The van der Waals surface area contributed by atoms with Gasteiger partial charge in [-0.25, -0.2) is 27.3 Å². The Labute approximate surface area is 186 Å². The van der Waals surface area contributed by atoms with Crippen LogP contribution in [0.4, 0.5) is 14.5 Å². The molecule has 1 aromatic carbocycles. The number of pyridine rings is 1. The van der Waals surface area contributed by atoms with E-state index in [2.05, 4.69) is 10.3 Å². The summed E-state index contributed by atoms with van der Waals surface area (Å²) in [5, 5.41) is 7.61. The third-order valence-corrected chi connectivity index (χ3v) is 6.72. The summed E-state index contributed by atoms with van der Waals surface area (Å²) in [4.78, 5) is 16.5. The molecule has 162 valence electrons. The van der Waals surface area contributed by atoms with Gasteiger partial charge in [0.15, 0.2) is 5.03 Å². The lowest BCUT2D eigenvalue weighted by atomic mass is 9.73. The number of rotatable bonds is 4. The Morgan fingerprint density at radius 2 is 1.93 bits per heavy atom. The summed E-state index contributed by atoms with van der Waals surface area (Å²) < 4.78 is 51.2. The largest absolute Gasteiger partial charge is 0.326 e. The molecule has 3 rings (SSSR count). The van der Waals surface area contributed by atoms with Crippen LogP contribution in [0.15, 0.2) is 35.5 Å². The molecule has 1 aliphatic carbocycles. The maximum Gasteiger partial charge on any atom is 0.255 e. The van der Waals surface area contributed by atoms with E-state index in [9.17, 15) is 22.0 Å².